The Kier molecular flexibility index (Phi) is 8.00. The van der Waals surface area contributed by atoms with Crippen molar-refractivity contribution in [1.29, 1.82) is 0 Å². The number of hydrogen-bond donors (Lipinski definition) is 3. The Hall–Kier alpha value is -2.37. The lowest BCUT2D eigenvalue weighted by Crippen LogP contribution is -2.52. The van der Waals surface area contributed by atoms with Crippen molar-refractivity contribution in [2.45, 2.75) is 54.0 Å². The average Bonchev–Trinajstić information content (AvgIpc) is 2.56. The van der Waals surface area contributed by atoms with Gasteiger partial charge in [0.2, 0.25) is 17.7 Å². The van der Waals surface area contributed by atoms with Crippen LogP contribution >= 0.6 is 0 Å². The molecule has 6 heteroatoms. The molecule has 0 saturated carbocycles. The molecule has 1 rings (SSSR count). The van der Waals surface area contributed by atoms with Gasteiger partial charge < -0.3 is 16.0 Å². The molecule has 0 aliphatic rings. The summed E-state index contributed by atoms with van der Waals surface area (Å²) in [6.07, 6.45) is 0.359. The van der Waals surface area contributed by atoms with Gasteiger partial charge in [0.25, 0.3) is 0 Å². The topological polar surface area (TPSA) is 87.3 Å². The summed E-state index contributed by atoms with van der Waals surface area (Å²) in [6, 6.07) is 8.73. The van der Waals surface area contributed by atoms with Crippen LogP contribution in [0.1, 0.15) is 47.1 Å². The summed E-state index contributed by atoms with van der Waals surface area (Å²) < 4.78 is 0. The minimum Gasteiger partial charge on any atom is -0.354 e. The summed E-state index contributed by atoms with van der Waals surface area (Å²) in [5, 5.41) is 8.22. The Labute approximate surface area is 162 Å². The van der Waals surface area contributed by atoms with Gasteiger partial charge in [0.15, 0.2) is 0 Å². The molecule has 0 saturated heterocycles. The Morgan fingerprint density at radius 2 is 1.52 bits per heavy atom. The molecule has 1 aromatic carbocycles. The summed E-state index contributed by atoms with van der Waals surface area (Å²) in [5.41, 5.74) is 0.291. The Bertz CT molecular complexity index is 643. The Morgan fingerprint density at radius 1 is 0.926 bits per heavy atom. The zero-order valence-electron chi connectivity index (χ0n) is 17.3. The van der Waals surface area contributed by atoms with Crippen molar-refractivity contribution in [3.8, 4) is 0 Å². The maximum absolute atomic E-state index is 12.6. The molecule has 27 heavy (non-hydrogen) atoms. The summed E-state index contributed by atoms with van der Waals surface area (Å²) in [5.74, 6) is -0.836. The fraction of sp³-hybridized carbons (Fsp3) is 0.571. The van der Waals surface area contributed by atoms with E-state index < -0.39 is 11.5 Å². The molecule has 6 nitrogen and oxygen atoms in total. The fourth-order valence-electron chi connectivity index (χ4n) is 2.15. The molecular formula is C21H33N3O3. The summed E-state index contributed by atoms with van der Waals surface area (Å²) >= 11 is 0. The van der Waals surface area contributed by atoms with Crippen molar-refractivity contribution in [2.75, 3.05) is 13.1 Å². The van der Waals surface area contributed by atoms with Crippen molar-refractivity contribution in [3.63, 3.8) is 0 Å². The van der Waals surface area contributed by atoms with Crippen LogP contribution < -0.4 is 16.0 Å². The maximum Gasteiger partial charge on any atom is 0.243 e. The van der Waals surface area contributed by atoms with Crippen molar-refractivity contribution < 1.29 is 14.4 Å². The molecule has 150 valence electrons. The van der Waals surface area contributed by atoms with E-state index in [1.807, 2.05) is 51.1 Å². The largest absolute Gasteiger partial charge is 0.354 e. The lowest BCUT2D eigenvalue weighted by Gasteiger charge is -2.24. The van der Waals surface area contributed by atoms with Gasteiger partial charge in [0.1, 0.15) is 6.04 Å². The average molecular weight is 376 g/mol. The second-order valence-corrected chi connectivity index (χ2v) is 9.02. The predicted octanol–water partition coefficient (Wildman–Crippen LogP) is 2.04. The first-order valence-electron chi connectivity index (χ1n) is 9.28. The van der Waals surface area contributed by atoms with Crippen LogP contribution in [-0.4, -0.2) is 36.9 Å². The maximum atomic E-state index is 12.6. The molecule has 0 aromatic heterocycles. The lowest BCUT2D eigenvalue weighted by atomic mass is 9.94. The van der Waals surface area contributed by atoms with E-state index >= 15 is 0 Å². The number of hydrogen-bond acceptors (Lipinski definition) is 3. The third-order valence-corrected chi connectivity index (χ3v) is 3.82. The zero-order valence-corrected chi connectivity index (χ0v) is 17.3. The quantitative estimate of drug-likeness (QED) is 0.681. The third-order valence-electron chi connectivity index (χ3n) is 3.82. The highest BCUT2D eigenvalue weighted by atomic mass is 16.2. The molecule has 0 bridgehead atoms. The van der Waals surface area contributed by atoms with Crippen LogP contribution in [0.4, 0.5) is 0 Å². The van der Waals surface area contributed by atoms with Crippen molar-refractivity contribution in [1.82, 2.24) is 16.0 Å². The summed E-state index contributed by atoms with van der Waals surface area (Å²) in [4.78, 5) is 36.9. The van der Waals surface area contributed by atoms with Crippen molar-refractivity contribution >= 4 is 17.7 Å². The number of benzene rings is 1. The molecule has 3 N–H and O–H groups in total. The molecule has 0 aliphatic carbocycles. The van der Waals surface area contributed by atoms with Crippen LogP contribution in [-0.2, 0) is 20.8 Å². The first-order chi connectivity index (χ1) is 12.4. The highest BCUT2D eigenvalue weighted by molar-refractivity contribution is 5.91. The van der Waals surface area contributed by atoms with E-state index in [0.29, 0.717) is 13.0 Å². The van der Waals surface area contributed by atoms with Crippen LogP contribution in [0.5, 0.6) is 0 Å². The first kappa shape index (κ1) is 22.7. The minimum atomic E-state index is -0.741. The number of carbonyl (C=O) groups is 3. The predicted molar refractivity (Wildman–Crippen MR) is 107 cm³/mol. The lowest BCUT2D eigenvalue weighted by molar-refractivity contribution is -0.134. The van der Waals surface area contributed by atoms with Crippen LogP contribution in [0, 0.1) is 10.8 Å². The first-order valence-corrected chi connectivity index (χ1v) is 9.28. The van der Waals surface area contributed by atoms with Crippen LogP contribution in [0.3, 0.4) is 0 Å². The van der Waals surface area contributed by atoms with E-state index in [0.717, 1.165) is 5.56 Å². The van der Waals surface area contributed by atoms with Gasteiger partial charge in [0, 0.05) is 18.4 Å². The van der Waals surface area contributed by atoms with E-state index in [9.17, 15) is 14.4 Å². The van der Waals surface area contributed by atoms with Crippen LogP contribution in [0.15, 0.2) is 30.3 Å². The normalized spacial score (nSPS) is 12.8. The van der Waals surface area contributed by atoms with Gasteiger partial charge in [-0.3, -0.25) is 14.4 Å². The molecule has 0 radical (unpaired) electrons. The van der Waals surface area contributed by atoms with Gasteiger partial charge in [-0.05, 0) is 11.0 Å². The van der Waals surface area contributed by atoms with Gasteiger partial charge in [-0.25, -0.2) is 0 Å². The zero-order chi connectivity index (χ0) is 20.7. The molecule has 1 aromatic rings. The molecule has 0 aliphatic heterocycles. The SMILES string of the molecule is CC(C)(C)CNC(=O)CNC(=O)[C@H](Cc1ccccc1)NC(=O)C(C)(C)C. The van der Waals surface area contributed by atoms with Gasteiger partial charge in [-0.2, -0.15) is 0 Å². The van der Waals surface area contributed by atoms with E-state index in [4.69, 9.17) is 0 Å². The van der Waals surface area contributed by atoms with E-state index in [-0.39, 0.29) is 29.7 Å². The van der Waals surface area contributed by atoms with Gasteiger partial charge in [-0.15, -0.1) is 0 Å². The van der Waals surface area contributed by atoms with Crippen LogP contribution in [0.2, 0.25) is 0 Å². The van der Waals surface area contributed by atoms with E-state index in [1.54, 1.807) is 20.8 Å². The van der Waals surface area contributed by atoms with Gasteiger partial charge >= 0.3 is 0 Å². The summed E-state index contributed by atoms with van der Waals surface area (Å²) in [7, 11) is 0. The van der Waals surface area contributed by atoms with Crippen LogP contribution in [0.25, 0.3) is 0 Å². The molecule has 0 fully saturated rings. The molecule has 0 unspecified atom stereocenters. The number of carbonyl (C=O) groups excluding carboxylic acids is 3. The second kappa shape index (κ2) is 9.53. The molecule has 0 spiro atoms. The van der Waals surface area contributed by atoms with Gasteiger partial charge in [0.05, 0.1) is 6.54 Å². The smallest absolute Gasteiger partial charge is 0.243 e. The summed E-state index contributed by atoms with van der Waals surface area (Å²) in [6.45, 7) is 11.8. The Balaban J connectivity index is 2.72. The molecule has 1 atom stereocenters. The molecular weight excluding hydrogens is 342 g/mol. The van der Waals surface area contributed by atoms with E-state index in [2.05, 4.69) is 16.0 Å². The number of amides is 3. The Morgan fingerprint density at radius 3 is 2.04 bits per heavy atom. The van der Waals surface area contributed by atoms with E-state index in [1.165, 1.54) is 0 Å². The van der Waals surface area contributed by atoms with Crippen molar-refractivity contribution in [2.24, 2.45) is 10.8 Å². The highest BCUT2D eigenvalue weighted by Crippen LogP contribution is 2.14. The number of rotatable bonds is 7. The number of nitrogens with one attached hydrogen (secondary N) is 3. The highest BCUT2D eigenvalue weighted by Gasteiger charge is 2.28. The fourth-order valence-corrected chi connectivity index (χ4v) is 2.15. The monoisotopic (exact) mass is 375 g/mol. The third kappa shape index (κ3) is 9.22. The standard InChI is InChI=1S/C21H33N3O3/c1-20(2,3)14-23-17(25)13-22-18(26)16(24-19(27)21(4,5)6)12-15-10-8-7-9-11-15/h7-11,16H,12-14H2,1-6H3,(H,22,26)(H,23,25)(H,24,27)/t16-/m0/s1. The second-order valence-electron chi connectivity index (χ2n) is 9.02. The van der Waals surface area contributed by atoms with Crippen molar-refractivity contribution in [3.05, 3.63) is 35.9 Å². The molecule has 0 heterocycles. The molecule has 3 amide bonds. The minimum absolute atomic E-state index is 0.0316. The van der Waals surface area contributed by atoms with Gasteiger partial charge in [-0.1, -0.05) is 71.9 Å².